The summed E-state index contributed by atoms with van der Waals surface area (Å²) in [7, 11) is 0. The van der Waals surface area contributed by atoms with E-state index in [9.17, 15) is 4.79 Å². The Morgan fingerprint density at radius 1 is 0.895 bits per heavy atom. The fraction of sp³-hybridized carbons (Fsp3) is 0.933. The standard InChI is InChI=1S/C15H27N3O/c1-13-5-4-9-17(11-13)15(19)18-10-6-14(12-18)16-7-2-3-8-16/h13-14H,2-12H2,1H3. The van der Waals surface area contributed by atoms with Gasteiger partial charge in [0.15, 0.2) is 0 Å². The van der Waals surface area contributed by atoms with E-state index in [2.05, 4.69) is 21.6 Å². The Balaban J connectivity index is 1.53. The number of rotatable bonds is 1. The minimum absolute atomic E-state index is 0.299. The van der Waals surface area contributed by atoms with Gasteiger partial charge in [0.25, 0.3) is 0 Å². The first-order chi connectivity index (χ1) is 9.24. The third kappa shape index (κ3) is 2.88. The Labute approximate surface area is 116 Å². The largest absolute Gasteiger partial charge is 0.324 e. The van der Waals surface area contributed by atoms with Crippen LogP contribution in [-0.2, 0) is 0 Å². The lowest BCUT2D eigenvalue weighted by Gasteiger charge is -2.34. The van der Waals surface area contributed by atoms with Crippen molar-refractivity contribution in [1.82, 2.24) is 14.7 Å². The zero-order chi connectivity index (χ0) is 13.2. The van der Waals surface area contributed by atoms with Gasteiger partial charge in [-0.25, -0.2) is 4.79 Å². The van der Waals surface area contributed by atoms with Crippen molar-refractivity contribution in [3.63, 3.8) is 0 Å². The van der Waals surface area contributed by atoms with Gasteiger partial charge < -0.3 is 9.80 Å². The van der Waals surface area contributed by atoms with Gasteiger partial charge >= 0.3 is 6.03 Å². The Bertz CT molecular complexity index is 327. The van der Waals surface area contributed by atoms with Gasteiger partial charge in [-0.3, -0.25) is 4.90 Å². The van der Waals surface area contributed by atoms with E-state index in [1.54, 1.807) is 0 Å². The van der Waals surface area contributed by atoms with E-state index < -0.39 is 0 Å². The molecule has 3 aliphatic rings. The first-order valence-electron chi connectivity index (χ1n) is 8.02. The van der Waals surface area contributed by atoms with Crippen molar-refractivity contribution in [3.8, 4) is 0 Å². The van der Waals surface area contributed by atoms with Crippen LogP contribution in [0.5, 0.6) is 0 Å². The van der Waals surface area contributed by atoms with Crippen molar-refractivity contribution in [1.29, 1.82) is 0 Å². The molecule has 4 heteroatoms. The number of carbonyl (C=O) groups excluding carboxylic acids is 1. The van der Waals surface area contributed by atoms with E-state index in [1.165, 1.54) is 45.2 Å². The average molecular weight is 265 g/mol. The van der Waals surface area contributed by atoms with E-state index >= 15 is 0 Å². The molecular formula is C15H27N3O. The Hall–Kier alpha value is -0.770. The van der Waals surface area contributed by atoms with E-state index in [-0.39, 0.29) is 0 Å². The summed E-state index contributed by atoms with van der Waals surface area (Å²) < 4.78 is 0. The van der Waals surface area contributed by atoms with E-state index in [1.807, 2.05) is 0 Å². The molecule has 2 amide bonds. The van der Waals surface area contributed by atoms with Crippen LogP contribution in [0.4, 0.5) is 4.79 Å². The van der Waals surface area contributed by atoms with Crippen molar-refractivity contribution in [2.75, 3.05) is 39.3 Å². The lowest BCUT2D eigenvalue weighted by atomic mass is 10.0. The Kier molecular flexibility index (Phi) is 3.96. The summed E-state index contributed by atoms with van der Waals surface area (Å²) in [5, 5.41) is 0. The van der Waals surface area contributed by atoms with Gasteiger partial charge in [0, 0.05) is 32.2 Å². The van der Waals surface area contributed by atoms with Crippen LogP contribution < -0.4 is 0 Å². The van der Waals surface area contributed by atoms with Gasteiger partial charge in [-0.05, 0) is 51.1 Å². The summed E-state index contributed by atoms with van der Waals surface area (Å²) in [6.45, 7) is 8.60. The summed E-state index contributed by atoms with van der Waals surface area (Å²) in [5.74, 6) is 0.676. The summed E-state index contributed by atoms with van der Waals surface area (Å²) >= 11 is 0. The van der Waals surface area contributed by atoms with Gasteiger partial charge in [0.2, 0.25) is 0 Å². The molecule has 19 heavy (non-hydrogen) atoms. The summed E-state index contributed by atoms with van der Waals surface area (Å²) in [4.78, 5) is 19.3. The zero-order valence-corrected chi connectivity index (χ0v) is 12.2. The van der Waals surface area contributed by atoms with Gasteiger partial charge in [-0.2, -0.15) is 0 Å². The molecule has 0 saturated carbocycles. The lowest BCUT2D eigenvalue weighted by Crippen LogP contribution is -2.47. The highest BCUT2D eigenvalue weighted by Gasteiger charge is 2.34. The van der Waals surface area contributed by atoms with Crippen LogP contribution in [0.3, 0.4) is 0 Å². The van der Waals surface area contributed by atoms with E-state index in [0.717, 1.165) is 26.2 Å². The maximum absolute atomic E-state index is 12.5. The number of urea groups is 1. The molecule has 0 spiro atoms. The third-order valence-corrected chi connectivity index (χ3v) is 5.02. The topological polar surface area (TPSA) is 26.8 Å². The molecule has 108 valence electrons. The van der Waals surface area contributed by atoms with Crippen LogP contribution in [0.25, 0.3) is 0 Å². The van der Waals surface area contributed by atoms with Gasteiger partial charge in [0.05, 0.1) is 0 Å². The molecule has 0 N–H and O–H groups in total. The number of hydrogen-bond acceptors (Lipinski definition) is 2. The predicted molar refractivity (Wildman–Crippen MR) is 76.2 cm³/mol. The molecule has 0 bridgehead atoms. The van der Waals surface area contributed by atoms with Gasteiger partial charge in [0.1, 0.15) is 0 Å². The van der Waals surface area contributed by atoms with Crippen molar-refractivity contribution >= 4 is 6.03 Å². The van der Waals surface area contributed by atoms with Crippen LogP contribution in [0, 0.1) is 5.92 Å². The monoisotopic (exact) mass is 265 g/mol. The fourth-order valence-corrected chi connectivity index (χ4v) is 3.88. The molecule has 0 aromatic heterocycles. The van der Waals surface area contributed by atoms with Crippen molar-refractivity contribution in [2.24, 2.45) is 5.92 Å². The summed E-state index contributed by atoms with van der Waals surface area (Å²) in [6, 6.07) is 0.932. The lowest BCUT2D eigenvalue weighted by molar-refractivity contribution is 0.135. The van der Waals surface area contributed by atoms with Gasteiger partial charge in [-0.1, -0.05) is 6.92 Å². The number of carbonyl (C=O) groups is 1. The highest BCUT2D eigenvalue weighted by atomic mass is 16.2. The third-order valence-electron chi connectivity index (χ3n) is 5.02. The molecule has 0 aromatic carbocycles. The number of likely N-dealkylation sites (tertiary alicyclic amines) is 3. The maximum atomic E-state index is 12.5. The van der Waals surface area contributed by atoms with Gasteiger partial charge in [-0.15, -0.1) is 0 Å². The predicted octanol–water partition coefficient (Wildman–Crippen LogP) is 2.01. The van der Waals surface area contributed by atoms with Crippen LogP contribution in [-0.4, -0.2) is 66.0 Å². The summed E-state index contributed by atoms with van der Waals surface area (Å²) in [5.41, 5.74) is 0. The van der Waals surface area contributed by atoms with Crippen LogP contribution >= 0.6 is 0 Å². The molecule has 0 aliphatic carbocycles. The molecule has 3 heterocycles. The number of nitrogens with zero attached hydrogens (tertiary/aromatic N) is 3. The molecular weight excluding hydrogens is 238 g/mol. The van der Waals surface area contributed by atoms with E-state index in [4.69, 9.17) is 0 Å². The second-order valence-corrected chi connectivity index (χ2v) is 6.61. The second-order valence-electron chi connectivity index (χ2n) is 6.61. The summed E-state index contributed by atoms with van der Waals surface area (Å²) in [6.07, 6.45) is 6.31. The van der Waals surface area contributed by atoms with Crippen LogP contribution in [0.1, 0.15) is 39.0 Å². The Morgan fingerprint density at radius 2 is 1.63 bits per heavy atom. The zero-order valence-electron chi connectivity index (χ0n) is 12.2. The number of hydrogen-bond donors (Lipinski definition) is 0. The van der Waals surface area contributed by atoms with Crippen LogP contribution in [0.15, 0.2) is 0 Å². The fourth-order valence-electron chi connectivity index (χ4n) is 3.88. The molecule has 3 saturated heterocycles. The quantitative estimate of drug-likeness (QED) is 0.725. The molecule has 3 rings (SSSR count). The molecule has 2 unspecified atom stereocenters. The minimum atomic E-state index is 0.299. The van der Waals surface area contributed by atoms with Crippen molar-refractivity contribution < 1.29 is 4.79 Å². The molecule has 2 atom stereocenters. The highest BCUT2D eigenvalue weighted by molar-refractivity contribution is 5.75. The molecule has 3 aliphatic heterocycles. The Morgan fingerprint density at radius 3 is 2.37 bits per heavy atom. The maximum Gasteiger partial charge on any atom is 0.320 e. The minimum Gasteiger partial charge on any atom is -0.324 e. The first kappa shape index (κ1) is 13.2. The van der Waals surface area contributed by atoms with Crippen molar-refractivity contribution in [3.05, 3.63) is 0 Å². The average Bonchev–Trinajstić information content (AvgIpc) is 3.08. The highest BCUT2D eigenvalue weighted by Crippen LogP contribution is 2.23. The molecule has 0 aromatic rings. The SMILES string of the molecule is CC1CCCN(C(=O)N2CCC(N3CCCC3)C2)C1. The second kappa shape index (κ2) is 5.70. The van der Waals surface area contributed by atoms with Crippen molar-refractivity contribution in [2.45, 2.75) is 45.1 Å². The van der Waals surface area contributed by atoms with E-state index in [0.29, 0.717) is 18.0 Å². The normalized spacial score (nSPS) is 33.1. The number of piperidine rings is 1. The molecule has 0 radical (unpaired) electrons. The number of amides is 2. The smallest absolute Gasteiger partial charge is 0.320 e. The molecule has 4 nitrogen and oxygen atoms in total. The first-order valence-corrected chi connectivity index (χ1v) is 8.02. The van der Waals surface area contributed by atoms with Crippen LogP contribution in [0.2, 0.25) is 0 Å². The molecule has 3 fully saturated rings.